The Morgan fingerprint density at radius 2 is 1.75 bits per heavy atom. The zero-order valence-corrected chi connectivity index (χ0v) is 26.2. The molecule has 9 heteroatoms. The van der Waals surface area contributed by atoms with Gasteiger partial charge in [0, 0.05) is 41.3 Å². The molecule has 0 saturated heterocycles. The topological polar surface area (TPSA) is 66.1 Å². The van der Waals surface area contributed by atoms with Gasteiger partial charge in [-0.3, -0.25) is 9.59 Å². The molecule has 5 rings (SSSR count). The molecular weight excluding hydrogens is 593 g/mol. The molecule has 0 spiro atoms. The van der Waals surface area contributed by atoms with Gasteiger partial charge in [-0.05, 0) is 95.1 Å². The summed E-state index contributed by atoms with van der Waals surface area (Å²) in [5.74, 6) is -0.558. The first-order chi connectivity index (χ1) is 18.7. The summed E-state index contributed by atoms with van der Waals surface area (Å²) < 4.78 is 25.0. The molecule has 1 unspecified atom stereocenters. The standard InChI is InChI=1S/C31H33BrFN3O3S/c1-30(2,3)18-11-17-16-34-36(29(38)27(17)24(33)12-18)25-10-8-9-20-21(25)13-19(39-40-31(4,5)6)14-26-22(20)15-23(32)28(37)35(26)7/h8-12,15-16,19H,13-14H2,1-7H3. The molecule has 0 radical (unpaired) electrons. The molecule has 0 fully saturated rings. The Kier molecular flexibility index (Phi) is 7.38. The number of fused-ring (bicyclic) bond motifs is 4. The van der Waals surface area contributed by atoms with E-state index in [4.69, 9.17) is 4.18 Å². The smallest absolute Gasteiger partial charge is 0.282 e. The van der Waals surface area contributed by atoms with Crippen molar-refractivity contribution in [1.82, 2.24) is 14.3 Å². The van der Waals surface area contributed by atoms with E-state index in [1.165, 1.54) is 22.8 Å². The van der Waals surface area contributed by atoms with Crippen molar-refractivity contribution in [2.45, 2.75) is 70.7 Å². The molecule has 6 nitrogen and oxygen atoms in total. The fourth-order valence-electron chi connectivity index (χ4n) is 5.09. The second-order valence-corrected chi connectivity index (χ2v) is 14.8. The molecule has 0 aliphatic heterocycles. The molecule has 2 aromatic carbocycles. The highest BCUT2D eigenvalue weighted by Gasteiger charge is 2.29. The molecule has 40 heavy (non-hydrogen) atoms. The van der Waals surface area contributed by atoms with E-state index in [1.54, 1.807) is 17.8 Å². The SMILES string of the molecule is Cn1c2c(cc(Br)c1=O)-c1cccc(-n3ncc4cc(C(C)(C)C)cc(F)c4c3=O)c1CC(OSC(C)(C)C)C2. The zero-order chi connectivity index (χ0) is 29.1. The number of hydrogen-bond donors (Lipinski definition) is 0. The van der Waals surface area contributed by atoms with E-state index >= 15 is 4.39 Å². The van der Waals surface area contributed by atoms with E-state index in [0.29, 0.717) is 28.4 Å². The predicted octanol–water partition coefficient (Wildman–Crippen LogP) is 6.88. The van der Waals surface area contributed by atoms with Gasteiger partial charge < -0.3 is 8.75 Å². The summed E-state index contributed by atoms with van der Waals surface area (Å²) in [6.45, 7) is 12.2. The number of rotatable bonds is 3. The summed E-state index contributed by atoms with van der Waals surface area (Å²) in [5.41, 5.74) is 3.91. The molecular formula is C31H33BrFN3O3S. The molecule has 0 saturated carbocycles. The average Bonchev–Trinajstić information content (AvgIpc) is 3.02. The van der Waals surface area contributed by atoms with Crippen LogP contribution in [0.3, 0.4) is 0 Å². The van der Waals surface area contributed by atoms with Crippen molar-refractivity contribution in [2.24, 2.45) is 7.05 Å². The van der Waals surface area contributed by atoms with Gasteiger partial charge in [-0.1, -0.05) is 32.9 Å². The van der Waals surface area contributed by atoms with Crippen LogP contribution in [-0.2, 0) is 29.5 Å². The van der Waals surface area contributed by atoms with Crippen molar-refractivity contribution < 1.29 is 8.57 Å². The van der Waals surface area contributed by atoms with E-state index < -0.39 is 11.4 Å². The predicted molar refractivity (Wildman–Crippen MR) is 164 cm³/mol. The lowest BCUT2D eigenvalue weighted by atomic mass is 9.86. The van der Waals surface area contributed by atoms with Crippen LogP contribution in [0.25, 0.3) is 27.6 Å². The number of pyridine rings is 1. The fourth-order valence-corrected chi connectivity index (χ4v) is 6.15. The van der Waals surface area contributed by atoms with Crippen LogP contribution < -0.4 is 11.1 Å². The van der Waals surface area contributed by atoms with Gasteiger partial charge in [0.25, 0.3) is 11.1 Å². The van der Waals surface area contributed by atoms with Gasteiger partial charge in [0.2, 0.25) is 0 Å². The Labute approximate surface area is 245 Å². The lowest BCUT2D eigenvalue weighted by Gasteiger charge is -2.23. The van der Waals surface area contributed by atoms with E-state index in [1.807, 2.05) is 51.1 Å². The fraction of sp³-hybridized carbons (Fsp3) is 0.387. The molecule has 1 aliphatic rings. The molecule has 0 bridgehead atoms. The number of halogens is 2. The van der Waals surface area contributed by atoms with Gasteiger partial charge in [0.1, 0.15) is 5.82 Å². The first-order valence-electron chi connectivity index (χ1n) is 13.2. The maximum atomic E-state index is 15.4. The third-order valence-corrected chi connectivity index (χ3v) is 8.59. The van der Waals surface area contributed by atoms with Crippen molar-refractivity contribution in [2.75, 3.05) is 0 Å². The molecule has 2 aromatic heterocycles. The van der Waals surface area contributed by atoms with Crippen molar-refractivity contribution in [3.05, 3.63) is 90.4 Å². The largest absolute Gasteiger partial charge is 0.314 e. The van der Waals surface area contributed by atoms with Crippen LogP contribution in [0.5, 0.6) is 0 Å². The Bertz CT molecular complexity index is 1770. The van der Waals surface area contributed by atoms with Gasteiger partial charge >= 0.3 is 0 Å². The zero-order valence-electron chi connectivity index (χ0n) is 23.8. The van der Waals surface area contributed by atoms with E-state index in [0.717, 1.165) is 27.9 Å². The molecule has 0 amide bonds. The quantitative estimate of drug-likeness (QED) is 0.232. The van der Waals surface area contributed by atoms with Crippen LogP contribution in [0, 0.1) is 5.82 Å². The second kappa shape index (κ2) is 10.3. The van der Waals surface area contributed by atoms with Crippen LogP contribution in [0.1, 0.15) is 58.4 Å². The molecule has 210 valence electrons. The summed E-state index contributed by atoms with van der Waals surface area (Å²) in [4.78, 5) is 26.6. The van der Waals surface area contributed by atoms with Crippen molar-refractivity contribution in [3.63, 3.8) is 0 Å². The summed E-state index contributed by atoms with van der Waals surface area (Å²) in [6, 6.07) is 10.8. The number of hydrogen-bond acceptors (Lipinski definition) is 5. The van der Waals surface area contributed by atoms with Crippen molar-refractivity contribution in [3.8, 4) is 16.8 Å². The number of aromatic nitrogens is 3. The summed E-state index contributed by atoms with van der Waals surface area (Å²) in [7, 11) is 1.76. The summed E-state index contributed by atoms with van der Waals surface area (Å²) >= 11 is 4.82. The first-order valence-corrected chi connectivity index (χ1v) is 14.8. The van der Waals surface area contributed by atoms with E-state index in [9.17, 15) is 9.59 Å². The highest BCUT2D eigenvalue weighted by molar-refractivity contribution is 9.10. The van der Waals surface area contributed by atoms with Crippen LogP contribution >= 0.6 is 28.0 Å². The van der Waals surface area contributed by atoms with Gasteiger partial charge in [-0.25, -0.2) is 4.39 Å². The second-order valence-electron chi connectivity index (χ2n) is 12.4. The Morgan fingerprint density at radius 3 is 2.42 bits per heavy atom. The van der Waals surface area contributed by atoms with Crippen LogP contribution in [0.15, 0.2) is 56.7 Å². The first kappa shape index (κ1) is 28.8. The molecule has 1 aliphatic carbocycles. The Hall–Kier alpha value is -2.75. The lowest BCUT2D eigenvalue weighted by Crippen LogP contribution is -2.26. The number of benzene rings is 2. The molecule has 2 heterocycles. The summed E-state index contributed by atoms with van der Waals surface area (Å²) in [6.07, 6.45) is 2.27. The maximum Gasteiger partial charge on any atom is 0.282 e. The lowest BCUT2D eigenvalue weighted by molar-refractivity contribution is 0.236. The molecule has 0 N–H and O–H groups in total. The van der Waals surface area contributed by atoms with Crippen LogP contribution in [-0.4, -0.2) is 25.2 Å². The van der Waals surface area contributed by atoms with Gasteiger partial charge in [0.15, 0.2) is 0 Å². The van der Waals surface area contributed by atoms with E-state index in [2.05, 4.69) is 41.8 Å². The maximum absolute atomic E-state index is 15.4. The third kappa shape index (κ3) is 5.31. The van der Waals surface area contributed by atoms with Gasteiger partial charge in [-0.15, -0.1) is 0 Å². The normalized spacial score (nSPS) is 15.6. The molecule has 1 atom stereocenters. The van der Waals surface area contributed by atoms with Crippen molar-refractivity contribution in [1.29, 1.82) is 0 Å². The highest BCUT2D eigenvalue weighted by Crippen LogP contribution is 2.38. The van der Waals surface area contributed by atoms with Crippen LogP contribution in [0.2, 0.25) is 0 Å². The van der Waals surface area contributed by atoms with Crippen LogP contribution in [0.4, 0.5) is 4.39 Å². The minimum atomic E-state index is -0.558. The minimum absolute atomic E-state index is 0.0101. The van der Waals surface area contributed by atoms with Gasteiger partial charge in [-0.2, -0.15) is 9.78 Å². The average molecular weight is 627 g/mol. The third-order valence-electron chi connectivity index (χ3n) is 7.16. The summed E-state index contributed by atoms with van der Waals surface area (Å²) in [5, 5.41) is 5.00. The monoisotopic (exact) mass is 625 g/mol. The highest BCUT2D eigenvalue weighted by atomic mass is 79.9. The van der Waals surface area contributed by atoms with Crippen molar-refractivity contribution >= 4 is 38.7 Å². The van der Waals surface area contributed by atoms with E-state index in [-0.39, 0.29) is 27.2 Å². The Morgan fingerprint density at radius 1 is 1.02 bits per heavy atom. The van der Waals surface area contributed by atoms with Gasteiger partial charge in [0.05, 0.1) is 27.8 Å². The number of nitrogens with zero attached hydrogens (tertiary/aromatic N) is 3. The minimum Gasteiger partial charge on any atom is -0.314 e. The Balaban J connectivity index is 1.74. The molecule has 4 aromatic rings.